The van der Waals surface area contributed by atoms with E-state index in [9.17, 15) is 4.79 Å². The lowest BCUT2D eigenvalue weighted by molar-refractivity contribution is -0.120. The lowest BCUT2D eigenvalue weighted by Gasteiger charge is -2.17. The standard InChI is InChI=1S/C21H21N3O2/c1-26-20-4-2-3-15(12-20)11-17-9-10-24(21(17)25)19-7-5-16(6-8-19)18-13-22-23-14-18/h2-8,12-14,17H,9-11H2,1H3,(H,22,23)/t17-/m0/s1. The van der Waals surface area contributed by atoms with Gasteiger partial charge in [0, 0.05) is 29.9 Å². The Morgan fingerprint density at radius 2 is 2.04 bits per heavy atom. The molecule has 0 aliphatic carbocycles. The van der Waals surface area contributed by atoms with Crippen LogP contribution in [0.5, 0.6) is 5.75 Å². The Morgan fingerprint density at radius 1 is 1.19 bits per heavy atom. The van der Waals surface area contributed by atoms with Gasteiger partial charge in [-0.1, -0.05) is 24.3 Å². The summed E-state index contributed by atoms with van der Waals surface area (Å²) in [4.78, 5) is 14.8. The van der Waals surface area contributed by atoms with E-state index in [-0.39, 0.29) is 11.8 Å². The summed E-state index contributed by atoms with van der Waals surface area (Å²) in [5, 5.41) is 6.79. The van der Waals surface area contributed by atoms with E-state index in [2.05, 4.69) is 16.3 Å². The fourth-order valence-corrected chi connectivity index (χ4v) is 3.51. The van der Waals surface area contributed by atoms with Crippen LogP contribution in [0.4, 0.5) is 5.69 Å². The summed E-state index contributed by atoms with van der Waals surface area (Å²) in [6.07, 6.45) is 5.28. The summed E-state index contributed by atoms with van der Waals surface area (Å²) < 4.78 is 5.28. The minimum atomic E-state index is 0.0238. The maximum Gasteiger partial charge on any atom is 0.230 e. The molecule has 1 aliphatic heterocycles. The number of anilines is 1. The number of hydrogen-bond acceptors (Lipinski definition) is 3. The summed E-state index contributed by atoms with van der Waals surface area (Å²) in [5.41, 5.74) is 4.22. The minimum absolute atomic E-state index is 0.0238. The van der Waals surface area contributed by atoms with Crippen LogP contribution in [0.25, 0.3) is 11.1 Å². The molecular formula is C21H21N3O2. The maximum absolute atomic E-state index is 12.9. The molecule has 3 aromatic rings. The molecule has 1 atom stereocenters. The molecule has 1 aliphatic rings. The minimum Gasteiger partial charge on any atom is -0.497 e. The summed E-state index contributed by atoms with van der Waals surface area (Å²) in [6, 6.07) is 16.0. The normalized spacial score (nSPS) is 16.9. The molecule has 0 radical (unpaired) electrons. The van der Waals surface area contributed by atoms with Crippen molar-refractivity contribution in [3.05, 3.63) is 66.5 Å². The van der Waals surface area contributed by atoms with Crippen molar-refractivity contribution < 1.29 is 9.53 Å². The van der Waals surface area contributed by atoms with Gasteiger partial charge in [0.25, 0.3) is 0 Å². The molecule has 2 aromatic carbocycles. The molecule has 4 rings (SSSR count). The van der Waals surface area contributed by atoms with Gasteiger partial charge in [-0.25, -0.2) is 0 Å². The molecule has 0 bridgehead atoms. The third kappa shape index (κ3) is 3.20. The molecule has 0 spiro atoms. The smallest absolute Gasteiger partial charge is 0.230 e. The fourth-order valence-electron chi connectivity index (χ4n) is 3.51. The molecular weight excluding hydrogens is 326 g/mol. The zero-order chi connectivity index (χ0) is 17.9. The SMILES string of the molecule is COc1cccc(C[C@@H]2CCN(c3ccc(-c4cn[nH]c4)cc3)C2=O)c1. The molecule has 132 valence electrons. The van der Waals surface area contributed by atoms with Crippen LogP contribution in [0.2, 0.25) is 0 Å². The molecule has 5 heteroatoms. The first-order valence-electron chi connectivity index (χ1n) is 8.78. The van der Waals surface area contributed by atoms with Crippen molar-refractivity contribution in [3.63, 3.8) is 0 Å². The maximum atomic E-state index is 12.9. The summed E-state index contributed by atoms with van der Waals surface area (Å²) in [6.45, 7) is 0.762. The Morgan fingerprint density at radius 3 is 2.77 bits per heavy atom. The lowest BCUT2D eigenvalue weighted by atomic mass is 9.98. The first kappa shape index (κ1) is 16.4. The molecule has 2 heterocycles. The quantitative estimate of drug-likeness (QED) is 0.766. The zero-order valence-electron chi connectivity index (χ0n) is 14.7. The largest absolute Gasteiger partial charge is 0.497 e. The highest BCUT2D eigenvalue weighted by Gasteiger charge is 2.32. The topological polar surface area (TPSA) is 58.2 Å². The number of H-pyrrole nitrogens is 1. The number of nitrogens with zero attached hydrogens (tertiary/aromatic N) is 2. The van der Waals surface area contributed by atoms with Crippen LogP contribution in [0.15, 0.2) is 60.9 Å². The number of amides is 1. The number of carbonyl (C=O) groups is 1. The van der Waals surface area contributed by atoms with E-state index in [0.717, 1.165) is 47.5 Å². The first-order valence-corrected chi connectivity index (χ1v) is 8.78. The Bertz CT molecular complexity index is 888. The van der Waals surface area contributed by atoms with Crippen LogP contribution in [-0.2, 0) is 11.2 Å². The van der Waals surface area contributed by atoms with Crippen molar-refractivity contribution in [2.45, 2.75) is 12.8 Å². The van der Waals surface area contributed by atoms with Gasteiger partial charge < -0.3 is 9.64 Å². The van der Waals surface area contributed by atoms with E-state index >= 15 is 0 Å². The molecule has 1 N–H and O–H groups in total. The predicted molar refractivity (Wildman–Crippen MR) is 101 cm³/mol. The van der Waals surface area contributed by atoms with Gasteiger partial charge in [-0.15, -0.1) is 0 Å². The van der Waals surface area contributed by atoms with Crippen LogP contribution in [0, 0.1) is 5.92 Å². The highest BCUT2D eigenvalue weighted by Crippen LogP contribution is 2.30. The number of aromatic amines is 1. The monoisotopic (exact) mass is 347 g/mol. The van der Waals surface area contributed by atoms with E-state index < -0.39 is 0 Å². The number of ether oxygens (including phenoxy) is 1. The van der Waals surface area contributed by atoms with Crippen LogP contribution in [-0.4, -0.2) is 29.8 Å². The van der Waals surface area contributed by atoms with Crippen LogP contribution < -0.4 is 9.64 Å². The second kappa shape index (κ2) is 7.04. The average molecular weight is 347 g/mol. The number of nitrogens with one attached hydrogen (secondary N) is 1. The van der Waals surface area contributed by atoms with Gasteiger partial charge in [-0.2, -0.15) is 5.10 Å². The molecule has 26 heavy (non-hydrogen) atoms. The predicted octanol–water partition coefficient (Wildman–Crippen LogP) is 3.68. The number of hydrogen-bond donors (Lipinski definition) is 1. The van der Waals surface area contributed by atoms with Gasteiger partial charge in [0.1, 0.15) is 5.75 Å². The highest BCUT2D eigenvalue weighted by atomic mass is 16.5. The van der Waals surface area contributed by atoms with Gasteiger partial charge in [-0.05, 0) is 48.2 Å². The Balaban J connectivity index is 1.46. The summed E-state index contributed by atoms with van der Waals surface area (Å²) in [5.74, 6) is 1.05. The molecule has 0 unspecified atom stereocenters. The second-order valence-corrected chi connectivity index (χ2v) is 6.56. The number of methoxy groups -OCH3 is 1. The van der Waals surface area contributed by atoms with E-state index in [0.29, 0.717) is 0 Å². The summed E-state index contributed by atoms with van der Waals surface area (Å²) >= 11 is 0. The molecule has 5 nitrogen and oxygen atoms in total. The number of benzene rings is 2. The fraction of sp³-hybridized carbons (Fsp3) is 0.238. The molecule has 0 saturated carbocycles. The zero-order valence-corrected chi connectivity index (χ0v) is 14.7. The third-order valence-electron chi connectivity index (χ3n) is 4.94. The first-order chi connectivity index (χ1) is 12.7. The van der Waals surface area contributed by atoms with Gasteiger partial charge in [-0.3, -0.25) is 9.89 Å². The molecule has 1 fully saturated rings. The van der Waals surface area contributed by atoms with Crippen molar-refractivity contribution in [2.75, 3.05) is 18.6 Å². The van der Waals surface area contributed by atoms with Gasteiger partial charge >= 0.3 is 0 Å². The van der Waals surface area contributed by atoms with Gasteiger partial charge in [0.05, 0.1) is 13.3 Å². The van der Waals surface area contributed by atoms with E-state index in [1.54, 1.807) is 13.3 Å². The Labute approximate surface area is 152 Å². The molecule has 1 aromatic heterocycles. The molecule has 1 saturated heterocycles. The van der Waals surface area contributed by atoms with Gasteiger partial charge in [0.2, 0.25) is 5.91 Å². The van der Waals surface area contributed by atoms with E-state index in [1.165, 1.54) is 0 Å². The lowest BCUT2D eigenvalue weighted by Crippen LogP contribution is -2.27. The van der Waals surface area contributed by atoms with Crippen molar-refractivity contribution in [1.29, 1.82) is 0 Å². The Hall–Kier alpha value is -3.08. The van der Waals surface area contributed by atoms with Crippen molar-refractivity contribution in [1.82, 2.24) is 10.2 Å². The highest BCUT2D eigenvalue weighted by molar-refractivity contribution is 5.97. The second-order valence-electron chi connectivity index (χ2n) is 6.56. The van der Waals surface area contributed by atoms with Crippen LogP contribution in [0.3, 0.4) is 0 Å². The van der Waals surface area contributed by atoms with E-state index in [1.807, 2.05) is 53.6 Å². The van der Waals surface area contributed by atoms with Crippen molar-refractivity contribution >= 4 is 11.6 Å². The number of rotatable bonds is 5. The Kier molecular flexibility index (Phi) is 4.44. The summed E-state index contributed by atoms with van der Waals surface area (Å²) in [7, 11) is 1.66. The van der Waals surface area contributed by atoms with Gasteiger partial charge in [0.15, 0.2) is 0 Å². The van der Waals surface area contributed by atoms with E-state index in [4.69, 9.17) is 4.74 Å². The molecule has 1 amide bonds. The number of carbonyl (C=O) groups excluding carboxylic acids is 1. The third-order valence-corrected chi connectivity index (χ3v) is 4.94. The van der Waals surface area contributed by atoms with Crippen LogP contribution in [0.1, 0.15) is 12.0 Å². The van der Waals surface area contributed by atoms with Crippen LogP contribution >= 0.6 is 0 Å². The van der Waals surface area contributed by atoms with Crippen molar-refractivity contribution in [2.24, 2.45) is 5.92 Å². The number of aromatic nitrogens is 2. The van der Waals surface area contributed by atoms with Crippen molar-refractivity contribution in [3.8, 4) is 16.9 Å². The average Bonchev–Trinajstić information content (AvgIpc) is 3.33.